The molecule has 24 heavy (non-hydrogen) atoms. The van der Waals surface area contributed by atoms with Gasteiger partial charge < -0.3 is 10.4 Å². The van der Waals surface area contributed by atoms with Crippen molar-refractivity contribution in [1.29, 1.82) is 0 Å². The predicted octanol–water partition coefficient (Wildman–Crippen LogP) is 3.12. The highest BCUT2D eigenvalue weighted by Crippen LogP contribution is 2.12. The number of aryl methyl sites for hydroxylation is 2. The van der Waals surface area contributed by atoms with Crippen molar-refractivity contribution >= 4 is 11.9 Å². The molecule has 1 atom stereocenters. The normalized spacial score (nSPS) is 11.8. The molecule has 2 N–H and O–H groups in total. The molecule has 0 saturated carbocycles. The summed E-state index contributed by atoms with van der Waals surface area (Å²) in [6.45, 7) is 3.53. The molecule has 0 spiro atoms. The van der Waals surface area contributed by atoms with Crippen molar-refractivity contribution in [3.8, 4) is 0 Å². The number of carboxylic acid groups (broad SMARTS) is 1. The lowest BCUT2D eigenvalue weighted by Gasteiger charge is -2.14. The van der Waals surface area contributed by atoms with E-state index in [0.717, 1.165) is 11.1 Å². The summed E-state index contributed by atoms with van der Waals surface area (Å²) >= 11 is 0. The molecule has 1 amide bonds. The Bertz CT molecular complexity index is 758. The van der Waals surface area contributed by atoms with E-state index < -0.39 is 17.8 Å². The van der Waals surface area contributed by atoms with Crippen molar-refractivity contribution in [1.82, 2.24) is 5.32 Å². The summed E-state index contributed by atoms with van der Waals surface area (Å²) in [5, 5.41) is 12.0. The van der Waals surface area contributed by atoms with Crippen molar-refractivity contribution in [2.75, 3.05) is 6.54 Å². The fourth-order valence-corrected chi connectivity index (χ4v) is 2.47. The Kier molecular flexibility index (Phi) is 5.68. The standard InChI is InChI=1S/C19H20FNO3/c1-12-4-3-5-14(8-12)10-16(19(23)24)11-21-18(22)15-6-7-17(20)13(2)9-15/h3-9,16H,10-11H2,1-2H3,(H,21,22)(H,23,24). The summed E-state index contributed by atoms with van der Waals surface area (Å²) in [6.07, 6.45) is 0.333. The second-order valence-electron chi connectivity index (χ2n) is 5.90. The first kappa shape index (κ1) is 17.7. The van der Waals surface area contributed by atoms with Crippen molar-refractivity contribution < 1.29 is 19.1 Å². The number of halogens is 1. The van der Waals surface area contributed by atoms with Gasteiger partial charge in [0.25, 0.3) is 5.91 Å². The number of carbonyl (C=O) groups excluding carboxylic acids is 1. The van der Waals surface area contributed by atoms with E-state index in [4.69, 9.17) is 0 Å². The molecule has 2 aromatic carbocycles. The fourth-order valence-electron chi connectivity index (χ4n) is 2.47. The topological polar surface area (TPSA) is 66.4 Å². The molecule has 0 saturated heterocycles. The van der Waals surface area contributed by atoms with Crippen LogP contribution in [0.25, 0.3) is 0 Å². The van der Waals surface area contributed by atoms with Gasteiger partial charge in [-0.05, 0) is 49.6 Å². The molecule has 0 aliphatic heterocycles. The lowest BCUT2D eigenvalue weighted by atomic mass is 9.98. The van der Waals surface area contributed by atoms with Gasteiger partial charge in [-0.3, -0.25) is 9.59 Å². The third-order valence-corrected chi connectivity index (χ3v) is 3.84. The molecule has 5 heteroatoms. The molecular formula is C19H20FNO3. The maximum atomic E-state index is 13.2. The van der Waals surface area contributed by atoms with E-state index in [2.05, 4.69) is 5.32 Å². The first-order chi connectivity index (χ1) is 11.4. The van der Waals surface area contributed by atoms with Crippen molar-refractivity contribution in [2.45, 2.75) is 20.3 Å². The molecular weight excluding hydrogens is 309 g/mol. The monoisotopic (exact) mass is 329 g/mol. The Morgan fingerprint density at radius 2 is 1.92 bits per heavy atom. The summed E-state index contributed by atoms with van der Waals surface area (Å²) in [5.74, 6) is -2.48. The van der Waals surface area contributed by atoms with Gasteiger partial charge in [0.05, 0.1) is 5.92 Å². The van der Waals surface area contributed by atoms with Crippen LogP contribution in [0.3, 0.4) is 0 Å². The van der Waals surface area contributed by atoms with E-state index >= 15 is 0 Å². The molecule has 1 unspecified atom stereocenters. The van der Waals surface area contributed by atoms with Gasteiger partial charge in [-0.15, -0.1) is 0 Å². The van der Waals surface area contributed by atoms with E-state index in [0.29, 0.717) is 17.5 Å². The van der Waals surface area contributed by atoms with E-state index in [1.165, 1.54) is 18.2 Å². The first-order valence-electron chi connectivity index (χ1n) is 7.69. The highest BCUT2D eigenvalue weighted by molar-refractivity contribution is 5.94. The van der Waals surface area contributed by atoms with E-state index in [9.17, 15) is 19.1 Å². The summed E-state index contributed by atoms with van der Waals surface area (Å²) in [5.41, 5.74) is 2.66. The zero-order valence-corrected chi connectivity index (χ0v) is 13.7. The third-order valence-electron chi connectivity index (χ3n) is 3.84. The number of amides is 1. The van der Waals surface area contributed by atoms with Crippen LogP contribution in [0.4, 0.5) is 4.39 Å². The van der Waals surface area contributed by atoms with Gasteiger partial charge in [0.2, 0.25) is 0 Å². The Labute approximate surface area is 140 Å². The number of carbonyl (C=O) groups is 2. The molecule has 126 valence electrons. The number of hydrogen-bond acceptors (Lipinski definition) is 2. The minimum atomic E-state index is -0.966. The number of benzene rings is 2. The van der Waals surface area contributed by atoms with Gasteiger partial charge in [0.1, 0.15) is 5.82 Å². The Morgan fingerprint density at radius 1 is 1.17 bits per heavy atom. The molecule has 0 aliphatic carbocycles. The molecule has 0 bridgehead atoms. The van der Waals surface area contributed by atoms with Gasteiger partial charge in [-0.2, -0.15) is 0 Å². The third kappa shape index (κ3) is 4.65. The summed E-state index contributed by atoms with van der Waals surface area (Å²) < 4.78 is 13.2. The summed E-state index contributed by atoms with van der Waals surface area (Å²) in [6, 6.07) is 11.7. The maximum Gasteiger partial charge on any atom is 0.308 e. The molecule has 2 rings (SSSR count). The lowest BCUT2D eigenvalue weighted by Crippen LogP contribution is -2.34. The molecule has 4 nitrogen and oxygen atoms in total. The van der Waals surface area contributed by atoms with Crippen LogP contribution < -0.4 is 5.32 Å². The van der Waals surface area contributed by atoms with Gasteiger partial charge in [0, 0.05) is 12.1 Å². The van der Waals surface area contributed by atoms with Crippen LogP contribution in [0.2, 0.25) is 0 Å². The minimum absolute atomic E-state index is 0.0124. The molecule has 0 aromatic heterocycles. The molecule has 0 fully saturated rings. The fraction of sp³-hybridized carbons (Fsp3) is 0.263. The number of aliphatic carboxylic acids is 1. The largest absolute Gasteiger partial charge is 0.481 e. The second-order valence-corrected chi connectivity index (χ2v) is 5.90. The zero-order chi connectivity index (χ0) is 17.7. The SMILES string of the molecule is Cc1cccc(CC(CNC(=O)c2ccc(F)c(C)c2)C(=O)O)c1. The highest BCUT2D eigenvalue weighted by Gasteiger charge is 2.19. The van der Waals surface area contributed by atoms with Crippen LogP contribution in [-0.4, -0.2) is 23.5 Å². The highest BCUT2D eigenvalue weighted by atomic mass is 19.1. The average molecular weight is 329 g/mol. The number of rotatable bonds is 6. The zero-order valence-electron chi connectivity index (χ0n) is 13.7. The lowest BCUT2D eigenvalue weighted by molar-refractivity contribution is -0.141. The predicted molar refractivity (Wildman–Crippen MR) is 89.5 cm³/mol. The molecule has 0 aliphatic rings. The summed E-state index contributed by atoms with van der Waals surface area (Å²) in [4.78, 5) is 23.6. The van der Waals surface area contributed by atoms with Gasteiger partial charge in [0.15, 0.2) is 0 Å². The van der Waals surface area contributed by atoms with Gasteiger partial charge in [-0.25, -0.2) is 4.39 Å². The Hall–Kier alpha value is -2.69. The smallest absolute Gasteiger partial charge is 0.308 e. The quantitative estimate of drug-likeness (QED) is 0.856. The van der Waals surface area contributed by atoms with E-state index in [1.54, 1.807) is 6.92 Å². The molecule has 0 radical (unpaired) electrons. The van der Waals surface area contributed by atoms with E-state index in [1.807, 2.05) is 31.2 Å². The summed E-state index contributed by atoms with van der Waals surface area (Å²) in [7, 11) is 0. The number of nitrogens with one attached hydrogen (secondary N) is 1. The van der Waals surface area contributed by atoms with Crippen molar-refractivity contribution in [3.05, 3.63) is 70.5 Å². The van der Waals surface area contributed by atoms with E-state index in [-0.39, 0.29) is 12.4 Å². The number of carboxylic acids is 1. The van der Waals surface area contributed by atoms with Crippen LogP contribution in [-0.2, 0) is 11.2 Å². The molecule has 0 heterocycles. The van der Waals surface area contributed by atoms with Gasteiger partial charge >= 0.3 is 5.97 Å². The Morgan fingerprint density at radius 3 is 2.54 bits per heavy atom. The van der Waals surface area contributed by atoms with Crippen LogP contribution in [0.5, 0.6) is 0 Å². The minimum Gasteiger partial charge on any atom is -0.481 e. The van der Waals surface area contributed by atoms with Crippen molar-refractivity contribution in [3.63, 3.8) is 0 Å². The van der Waals surface area contributed by atoms with Gasteiger partial charge in [-0.1, -0.05) is 29.8 Å². The second kappa shape index (κ2) is 7.73. The average Bonchev–Trinajstić information content (AvgIpc) is 2.53. The Balaban J connectivity index is 2.01. The van der Waals surface area contributed by atoms with Crippen LogP contribution in [0, 0.1) is 25.6 Å². The number of hydrogen-bond donors (Lipinski definition) is 2. The van der Waals surface area contributed by atoms with Crippen LogP contribution in [0.1, 0.15) is 27.0 Å². The molecule has 2 aromatic rings. The maximum absolute atomic E-state index is 13.2. The van der Waals surface area contributed by atoms with Crippen molar-refractivity contribution in [2.24, 2.45) is 5.92 Å². The van der Waals surface area contributed by atoms with Crippen LogP contribution in [0.15, 0.2) is 42.5 Å². The first-order valence-corrected chi connectivity index (χ1v) is 7.69. The van der Waals surface area contributed by atoms with Crippen LogP contribution >= 0.6 is 0 Å².